The van der Waals surface area contributed by atoms with Crippen molar-refractivity contribution < 1.29 is 13.2 Å². The number of allylic oxidation sites excluding steroid dienone is 1. The summed E-state index contributed by atoms with van der Waals surface area (Å²) in [7, 11) is 0. The van der Waals surface area contributed by atoms with Gasteiger partial charge in [0.05, 0.1) is 11.3 Å². The van der Waals surface area contributed by atoms with Crippen molar-refractivity contribution in [1.29, 1.82) is 0 Å². The Kier molecular flexibility index (Phi) is 7.70. The fourth-order valence-corrected chi connectivity index (χ4v) is 4.50. The van der Waals surface area contributed by atoms with Gasteiger partial charge in [-0.2, -0.15) is 13.2 Å². The quantitative estimate of drug-likeness (QED) is 0.396. The molecule has 35 heavy (non-hydrogen) atoms. The van der Waals surface area contributed by atoms with E-state index in [9.17, 15) is 13.2 Å². The van der Waals surface area contributed by atoms with Crippen LogP contribution in [-0.2, 0) is 25.4 Å². The lowest BCUT2D eigenvalue weighted by Crippen LogP contribution is -2.26. The number of hydrogen-bond donors (Lipinski definition) is 3. The predicted molar refractivity (Wildman–Crippen MR) is 132 cm³/mol. The molecule has 1 fully saturated rings. The zero-order chi connectivity index (χ0) is 24.8. The van der Waals surface area contributed by atoms with Gasteiger partial charge in [-0.1, -0.05) is 43.0 Å². The van der Waals surface area contributed by atoms with Crippen LogP contribution in [-0.4, -0.2) is 23.1 Å². The average molecular weight is 482 g/mol. The van der Waals surface area contributed by atoms with Gasteiger partial charge in [0, 0.05) is 24.0 Å². The zero-order valence-corrected chi connectivity index (χ0v) is 19.5. The van der Waals surface area contributed by atoms with Crippen molar-refractivity contribution >= 4 is 11.6 Å². The first-order valence-corrected chi connectivity index (χ1v) is 11.8. The first-order chi connectivity index (χ1) is 16.8. The molecular weight excluding hydrogens is 451 g/mol. The number of alkyl halides is 3. The van der Waals surface area contributed by atoms with Crippen LogP contribution in [0.3, 0.4) is 0 Å². The van der Waals surface area contributed by atoms with Crippen LogP contribution < -0.4 is 16.4 Å². The fourth-order valence-electron chi connectivity index (χ4n) is 4.50. The van der Waals surface area contributed by atoms with Crippen molar-refractivity contribution in [2.45, 2.75) is 44.2 Å². The summed E-state index contributed by atoms with van der Waals surface area (Å²) in [6.07, 6.45) is -0.479. The van der Waals surface area contributed by atoms with E-state index in [-0.39, 0.29) is 18.1 Å². The van der Waals surface area contributed by atoms with E-state index in [0.717, 1.165) is 48.9 Å². The Labute approximate surface area is 203 Å². The number of aryl methyl sites for hydroxylation is 2. The molecule has 0 spiro atoms. The van der Waals surface area contributed by atoms with E-state index < -0.39 is 11.7 Å². The third-order valence-corrected chi connectivity index (χ3v) is 6.32. The van der Waals surface area contributed by atoms with E-state index in [4.69, 9.17) is 5.73 Å². The monoisotopic (exact) mass is 481 g/mol. The number of nitrogens with two attached hydrogens (primary N) is 1. The minimum absolute atomic E-state index is 0.0392. The van der Waals surface area contributed by atoms with Gasteiger partial charge < -0.3 is 16.4 Å². The molecule has 0 aliphatic carbocycles. The highest BCUT2D eigenvalue weighted by molar-refractivity contribution is 5.54. The average Bonchev–Trinajstić information content (AvgIpc) is 2.83. The van der Waals surface area contributed by atoms with Crippen LogP contribution in [0.1, 0.15) is 46.7 Å². The predicted octanol–water partition coefficient (Wildman–Crippen LogP) is 5.51. The minimum Gasteiger partial charge on any atom is -0.402 e. The first-order valence-electron chi connectivity index (χ1n) is 11.8. The van der Waals surface area contributed by atoms with Crippen LogP contribution in [0.4, 0.5) is 24.8 Å². The van der Waals surface area contributed by atoms with Gasteiger partial charge in [-0.25, -0.2) is 9.97 Å². The maximum absolute atomic E-state index is 13.7. The number of anilines is 2. The SMILES string of the molecule is C=C(N)Cc1ccccc1CCc1nc(Nc2ccc(C3CCNCC3)cc2)ncc1C(F)(F)F. The highest BCUT2D eigenvalue weighted by Gasteiger charge is 2.34. The maximum atomic E-state index is 13.7. The molecule has 3 aromatic rings. The Balaban J connectivity index is 1.52. The molecule has 0 unspecified atom stereocenters. The second-order valence-electron chi connectivity index (χ2n) is 8.93. The summed E-state index contributed by atoms with van der Waals surface area (Å²) in [5, 5.41) is 6.42. The van der Waals surface area contributed by atoms with Crippen LogP contribution in [0, 0.1) is 0 Å². The molecule has 1 aromatic heterocycles. The number of benzene rings is 2. The normalized spacial score (nSPS) is 14.6. The van der Waals surface area contributed by atoms with Gasteiger partial charge in [0.1, 0.15) is 0 Å². The molecule has 1 aliphatic heterocycles. The third-order valence-electron chi connectivity index (χ3n) is 6.32. The number of halogens is 3. The molecule has 0 amide bonds. The lowest BCUT2D eigenvalue weighted by Gasteiger charge is -2.23. The van der Waals surface area contributed by atoms with Crippen LogP contribution in [0.5, 0.6) is 0 Å². The maximum Gasteiger partial charge on any atom is 0.419 e. The molecule has 5 nitrogen and oxygen atoms in total. The van der Waals surface area contributed by atoms with Gasteiger partial charge >= 0.3 is 6.18 Å². The molecule has 184 valence electrons. The van der Waals surface area contributed by atoms with Crippen molar-refractivity contribution in [3.63, 3.8) is 0 Å². The molecule has 2 heterocycles. The largest absolute Gasteiger partial charge is 0.419 e. The van der Waals surface area contributed by atoms with Crippen LogP contribution >= 0.6 is 0 Å². The number of aromatic nitrogens is 2. The van der Waals surface area contributed by atoms with Crippen molar-refractivity contribution in [3.8, 4) is 0 Å². The Hall–Kier alpha value is -3.39. The van der Waals surface area contributed by atoms with Crippen molar-refractivity contribution in [3.05, 3.63) is 95.0 Å². The molecule has 0 saturated carbocycles. The van der Waals surface area contributed by atoms with Gasteiger partial charge in [-0.05, 0) is 73.5 Å². The summed E-state index contributed by atoms with van der Waals surface area (Å²) >= 11 is 0. The van der Waals surface area contributed by atoms with E-state index in [1.807, 2.05) is 36.4 Å². The van der Waals surface area contributed by atoms with Crippen molar-refractivity contribution in [1.82, 2.24) is 15.3 Å². The summed E-state index contributed by atoms with van der Waals surface area (Å²) in [5.41, 5.74) is 9.29. The van der Waals surface area contributed by atoms with Gasteiger partial charge in [0.2, 0.25) is 5.95 Å². The Morgan fingerprint density at radius 1 is 1.03 bits per heavy atom. The fraction of sp³-hybridized carbons (Fsp3) is 0.333. The van der Waals surface area contributed by atoms with Gasteiger partial charge in [-0.3, -0.25) is 0 Å². The van der Waals surface area contributed by atoms with E-state index in [1.54, 1.807) is 0 Å². The van der Waals surface area contributed by atoms with E-state index >= 15 is 0 Å². The number of rotatable bonds is 8. The topological polar surface area (TPSA) is 75.9 Å². The first kappa shape index (κ1) is 24.7. The molecule has 0 radical (unpaired) electrons. The second kappa shape index (κ2) is 10.9. The second-order valence-corrected chi connectivity index (χ2v) is 8.93. The molecule has 2 aromatic carbocycles. The Morgan fingerprint density at radius 3 is 2.37 bits per heavy atom. The molecule has 8 heteroatoms. The lowest BCUT2D eigenvalue weighted by molar-refractivity contribution is -0.138. The zero-order valence-electron chi connectivity index (χ0n) is 19.5. The van der Waals surface area contributed by atoms with Crippen LogP contribution in [0.15, 0.2) is 67.0 Å². The van der Waals surface area contributed by atoms with E-state index in [0.29, 0.717) is 24.5 Å². The van der Waals surface area contributed by atoms with Gasteiger partial charge in [0.15, 0.2) is 0 Å². The number of nitrogens with zero attached hydrogens (tertiary/aromatic N) is 2. The number of hydrogen-bond acceptors (Lipinski definition) is 5. The smallest absolute Gasteiger partial charge is 0.402 e. The summed E-state index contributed by atoms with van der Waals surface area (Å²) < 4.78 is 41.0. The molecule has 1 saturated heterocycles. The van der Waals surface area contributed by atoms with Crippen molar-refractivity contribution in [2.24, 2.45) is 5.73 Å². The summed E-state index contributed by atoms with van der Waals surface area (Å²) in [6.45, 7) is 5.76. The van der Waals surface area contributed by atoms with E-state index in [1.165, 1.54) is 5.56 Å². The standard InChI is InChI=1S/C27H30F3N5/c1-18(31)16-22-5-3-2-4-19(22)8-11-25-24(27(28,29)30)17-33-26(35-25)34-23-9-6-20(7-10-23)21-12-14-32-15-13-21/h2-7,9-10,17,21,32H,1,8,11-16,31H2,(H,33,34,35). The third kappa shape index (κ3) is 6.60. The Bertz CT molecular complexity index is 1150. The van der Waals surface area contributed by atoms with Crippen molar-refractivity contribution in [2.75, 3.05) is 18.4 Å². The summed E-state index contributed by atoms with van der Waals surface area (Å²) in [4.78, 5) is 8.21. The van der Waals surface area contributed by atoms with Crippen LogP contribution in [0.2, 0.25) is 0 Å². The minimum atomic E-state index is -4.53. The highest BCUT2D eigenvalue weighted by atomic mass is 19.4. The van der Waals surface area contributed by atoms with Gasteiger partial charge in [-0.15, -0.1) is 0 Å². The van der Waals surface area contributed by atoms with Crippen LogP contribution in [0.25, 0.3) is 0 Å². The molecule has 0 bridgehead atoms. The molecule has 1 aliphatic rings. The molecular formula is C27H30F3N5. The molecule has 0 atom stereocenters. The Morgan fingerprint density at radius 2 is 1.71 bits per heavy atom. The summed E-state index contributed by atoms with van der Waals surface area (Å²) in [6, 6.07) is 15.5. The summed E-state index contributed by atoms with van der Waals surface area (Å²) in [5.74, 6) is 0.671. The highest BCUT2D eigenvalue weighted by Crippen LogP contribution is 2.32. The molecule has 4 rings (SSSR count). The van der Waals surface area contributed by atoms with E-state index in [2.05, 4.69) is 39.3 Å². The lowest BCUT2D eigenvalue weighted by atomic mass is 9.90. The number of piperidine rings is 1. The van der Waals surface area contributed by atoms with Gasteiger partial charge in [0.25, 0.3) is 0 Å². The molecule has 4 N–H and O–H groups in total. The number of nitrogens with one attached hydrogen (secondary N) is 2.